The average Bonchev–Trinajstić information content (AvgIpc) is 3.19. The first kappa shape index (κ1) is 20.2. The minimum atomic E-state index is -4.94. The molecule has 1 N–H and O–H groups in total. The third-order valence-electron chi connectivity index (χ3n) is 5.01. The number of methoxy groups -OCH3 is 1. The van der Waals surface area contributed by atoms with Crippen molar-refractivity contribution in [2.24, 2.45) is 4.99 Å². The van der Waals surface area contributed by atoms with E-state index in [1.54, 1.807) is 19.3 Å². The topological polar surface area (TPSA) is 45.1 Å². The van der Waals surface area contributed by atoms with E-state index in [2.05, 4.69) is 9.89 Å². The fraction of sp³-hybridized carbons (Fsp3) is 0.381. The van der Waals surface area contributed by atoms with Crippen LogP contribution in [0.15, 0.2) is 47.5 Å². The highest BCUT2D eigenvalue weighted by Crippen LogP contribution is 2.48. The summed E-state index contributed by atoms with van der Waals surface area (Å²) >= 11 is 0. The molecule has 1 atom stereocenters. The fourth-order valence-corrected chi connectivity index (χ4v) is 3.42. The zero-order valence-corrected chi connectivity index (χ0v) is 15.8. The first-order chi connectivity index (χ1) is 13.3. The van der Waals surface area contributed by atoms with Gasteiger partial charge in [-0.05, 0) is 37.0 Å². The predicted molar refractivity (Wildman–Crippen MR) is 102 cm³/mol. The summed E-state index contributed by atoms with van der Waals surface area (Å²) < 4.78 is 47.3. The van der Waals surface area contributed by atoms with Gasteiger partial charge in [-0.15, -0.1) is 0 Å². The Morgan fingerprint density at radius 1 is 1.11 bits per heavy atom. The van der Waals surface area contributed by atoms with Crippen molar-refractivity contribution >= 4 is 12.0 Å². The van der Waals surface area contributed by atoms with Crippen LogP contribution in [0.2, 0.25) is 0 Å². The van der Waals surface area contributed by atoms with E-state index < -0.39 is 11.8 Å². The molecular formula is C21H23F3N2O2. The lowest BCUT2D eigenvalue weighted by molar-refractivity contribution is -0.248. The number of ether oxygens (including phenoxy) is 1. The zero-order chi connectivity index (χ0) is 20.4. The van der Waals surface area contributed by atoms with Gasteiger partial charge in [0.1, 0.15) is 5.75 Å². The number of hydrogen-bond acceptors (Lipinski definition) is 3. The molecule has 150 valence electrons. The maximum absolute atomic E-state index is 14.0. The minimum absolute atomic E-state index is 0.0668. The van der Waals surface area contributed by atoms with E-state index >= 15 is 0 Å². The number of nitrogens with zero attached hydrogens (tertiary/aromatic N) is 2. The van der Waals surface area contributed by atoms with Crippen LogP contribution >= 0.6 is 0 Å². The van der Waals surface area contributed by atoms with Crippen LogP contribution in [0.3, 0.4) is 0 Å². The summed E-state index contributed by atoms with van der Waals surface area (Å²) in [5.41, 5.74) is -2.79. The molecule has 0 bridgehead atoms. The van der Waals surface area contributed by atoms with Crippen LogP contribution in [0.25, 0.3) is 0 Å². The Labute approximate surface area is 162 Å². The number of likely N-dealkylation sites (tertiary alicyclic amines) is 1. The highest BCUT2D eigenvalue weighted by atomic mass is 19.4. The molecule has 0 aliphatic carbocycles. The Balaban J connectivity index is 2.10. The first-order valence-corrected chi connectivity index (χ1v) is 9.09. The van der Waals surface area contributed by atoms with Gasteiger partial charge in [0.15, 0.2) is 0 Å². The largest absolute Gasteiger partial charge is 0.496 e. The summed E-state index contributed by atoms with van der Waals surface area (Å²) in [6.45, 7) is 3.50. The Morgan fingerprint density at radius 3 is 2.32 bits per heavy atom. The summed E-state index contributed by atoms with van der Waals surface area (Å²) in [5.74, 6) is -0.0668. The molecule has 4 nitrogen and oxygen atoms in total. The molecule has 2 aromatic carbocycles. The van der Waals surface area contributed by atoms with E-state index in [0.29, 0.717) is 11.3 Å². The lowest BCUT2D eigenvalue weighted by atomic mass is 9.84. The van der Waals surface area contributed by atoms with Gasteiger partial charge in [0, 0.05) is 24.7 Å². The Morgan fingerprint density at radius 2 is 1.75 bits per heavy atom. The molecule has 1 aliphatic heterocycles. The van der Waals surface area contributed by atoms with Crippen LogP contribution in [0.1, 0.15) is 29.5 Å². The van der Waals surface area contributed by atoms with E-state index in [1.807, 2.05) is 0 Å². The Bertz CT molecular complexity index is 847. The highest BCUT2D eigenvalue weighted by molar-refractivity contribution is 5.66. The molecular weight excluding hydrogens is 369 g/mol. The van der Waals surface area contributed by atoms with Crippen LogP contribution in [0, 0.1) is 6.92 Å². The lowest BCUT2D eigenvalue weighted by Crippen LogP contribution is -2.43. The Hall–Kier alpha value is -2.54. The van der Waals surface area contributed by atoms with E-state index in [4.69, 9.17) is 4.74 Å². The molecule has 0 spiro atoms. The van der Waals surface area contributed by atoms with E-state index in [1.165, 1.54) is 43.5 Å². The van der Waals surface area contributed by atoms with Crippen LogP contribution in [0.5, 0.6) is 5.75 Å². The van der Waals surface area contributed by atoms with Gasteiger partial charge in [-0.25, -0.2) is 4.99 Å². The SMILES string of the molecule is COc1cc(/N=C/N2CCCC2)c(C)cc1C(O)(c1ccccc1)C(F)(F)F. The number of benzene rings is 2. The van der Waals surface area contributed by atoms with Crippen LogP contribution in [-0.4, -0.2) is 42.7 Å². The second-order valence-electron chi connectivity index (χ2n) is 6.90. The molecule has 1 heterocycles. The molecule has 3 rings (SSSR count). The molecule has 1 aliphatic rings. The molecule has 0 radical (unpaired) electrons. The summed E-state index contributed by atoms with van der Waals surface area (Å²) in [7, 11) is 1.28. The van der Waals surface area contributed by atoms with E-state index in [-0.39, 0.29) is 16.9 Å². The van der Waals surface area contributed by atoms with Crippen LogP contribution in [0.4, 0.5) is 18.9 Å². The van der Waals surface area contributed by atoms with Gasteiger partial charge >= 0.3 is 6.18 Å². The lowest BCUT2D eigenvalue weighted by Gasteiger charge is -2.33. The average molecular weight is 392 g/mol. The number of halogens is 3. The molecule has 28 heavy (non-hydrogen) atoms. The minimum Gasteiger partial charge on any atom is -0.496 e. The normalized spacial score (nSPS) is 17.1. The number of aliphatic hydroxyl groups is 1. The second kappa shape index (κ2) is 7.83. The molecule has 2 aromatic rings. The molecule has 7 heteroatoms. The van der Waals surface area contributed by atoms with Gasteiger partial charge in [0.25, 0.3) is 0 Å². The van der Waals surface area contributed by atoms with Crippen LogP contribution < -0.4 is 4.74 Å². The second-order valence-corrected chi connectivity index (χ2v) is 6.90. The summed E-state index contributed by atoms with van der Waals surface area (Å²) in [4.78, 5) is 6.48. The monoisotopic (exact) mass is 392 g/mol. The molecule has 1 saturated heterocycles. The standard InChI is InChI=1S/C21H23F3N2O2/c1-15-12-17(20(27,21(22,23)24)16-8-4-3-5-9-16)19(28-2)13-18(15)25-14-26-10-6-7-11-26/h3-5,8-9,12-14,27H,6-7,10-11H2,1-2H3/b25-14+. The van der Waals surface area contributed by atoms with Crippen molar-refractivity contribution in [3.63, 3.8) is 0 Å². The first-order valence-electron chi connectivity index (χ1n) is 9.09. The zero-order valence-electron chi connectivity index (χ0n) is 15.8. The van der Waals surface area contributed by atoms with Crippen molar-refractivity contribution in [2.45, 2.75) is 31.5 Å². The summed E-state index contributed by atoms with van der Waals surface area (Å²) in [6, 6.07) is 9.76. The van der Waals surface area contributed by atoms with Crippen molar-refractivity contribution < 1.29 is 23.0 Å². The number of aryl methyl sites for hydroxylation is 1. The van der Waals surface area contributed by atoms with Gasteiger partial charge in [-0.3, -0.25) is 0 Å². The molecule has 1 unspecified atom stereocenters. The highest BCUT2D eigenvalue weighted by Gasteiger charge is 2.57. The summed E-state index contributed by atoms with van der Waals surface area (Å²) in [5, 5.41) is 10.9. The smallest absolute Gasteiger partial charge is 0.425 e. The van der Waals surface area contributed by atoms with Crippen molar-refractivity contribution in [1.29, 1.82) is 0 Å². The number of aliphatic imine (C=N–C) groups is 1. The van der Waals surface area contributed by atoms with Gasteiger partial charge in [0.05, 0.1) is 19.1 Å². The predicted octanol–water partition coefficient (Wildman–Crippen LogP) is 4.56. The number of rotatable bonds is 5. The van der Waals surface area contributed by atoms with E-state index in [0.717, 1.165) is 25.9 Å². The number of hydrogen-bond donors (Lipinski definition) is 1. The van der Waals surface area contributed by atoms with Gasteiger partial charge in [0.2, 0.25) is 5.60 Å². The molecule has 1 fully saturated rings. The fourth-order valence-electron chi connectivity index (χ4n) is 3.42. The maximum atomic E-state index is 14.0. The third kappa shape index (κ3) is 3.71. The molecule has 0 amide bonds. The van der Waals surface area contributed by atoms with Gasteiger partial charge in [-0.1, -0.05) is 30.3 Å². The summed E-state index contributed by atoms with van der Waals surface area (Å²) in [6.07, 6.45) is -1.03. The third-order valence-corrected chi connectivity index (χ3v) is 5.01. The van der Waals surface area contributed by atoms with Gasteiger partial charge < -0.3 is 14.7 Å². The molecule has 0 aromatic heterocycles. The molecule has 0 saturated carbocycles. The van der Waals surface area contributed by atoms with Crippen LogP contribution in [-0.2, 0) is 5.60 Å². The van der Waals surface area contributed by atoms with Gasteiger partial charge in [-0.2, -0.15) is 13.2 Å². The van der Waals surface area contributed by atoms with Crippen molar-refractivity contribution in [2.75, 3.05) is 20.2 Å². The van der Waals surface area contributed by atoms with Crippen molar-refractivity contribution in [1.82, 2.24) is 4.90 Å². The quantitative estimate of drug-likeness (QED) is 0.599. The maximum Gasteiger partial charge on any atom is 0.425 e. The van der Waals surface area contributed by atoms with Crippen molar-refractivity contribution in [3.8, 4) is 5.75 Å². The Kier molecular flexibility index (Phi) is 5.65. The number of alkyl halides is 3. The van der Waals surface area contributed by atoms with Crippen molar-refractivity contribution in [3.05, 3.63) is 59.2 Å². The van der Waals surface area contributed by atoms with E-state index in [9.17, 15) is 18.3 Å².